The zero-order valence-corrected chi connectivity index (χ0v) is 19.5. The Labute approximate surface area is 186 Å². The Morgan fingerprint density at radius 1 is 1.13 bits per heavy atom. The number of nitrogens with zero attached hydrogens (tertiary/aromatic N) is 1. The summed E-state index contributed by atoms with van der Waals surface area (Å²) in [6.07, 6.45) is 0.499. The van der Waals surface area contributed by atoms with Crippen molar-refractivity contribution < 1.29 is 19.1 Å². The van der Waals surface area contributed by atoms with Gasteiger partial charge < -0.3 is 19.7 Å². The van der Waals surface area contributed by atoms with E-state index in [-0.39, 0.29) is 25.0 Å². The molecule has 2 amide bonds. The number of aryl methyl sites for hydroxylation is 1. The van der Waals surface area contributed by atoms with E-state index in [9.17, 15) is 9.59 Å². The van der Waals surface area contributed by atoms with Gasteiger partial charge in [0.1, 0.15) is 17.5 Å². The predicted octanol–water partition coefficient (Wildman–Crippen LogP) is 4.09. The maximum atomic E-state index is 13.1. The number of halogens is 1. The summed E-state index contributed by atoms with van der Waals surface area (Å²) in [5.41, 5.74) is 1.90. The summed E-state index contributed by atoms with van der Waals surface area (Å²) in [7, 11) is 1.60. The zero-order valence-electron chi connectivity index (χ0n) is 17.9. The van der Waals surface area contributed by atoms with E-state index in [1.54, 1.807) is 18.1 Å². The van der Waals surface area contributed by atoms with Gasteiger partial charge in [-0.15, -0.1) is 0 Å². The van der Waals surface area contributed by atoms with Gasteiger partial charge in [-0.25, -0.2) is 0 Å². The number of hydrogen-bond donors (Lipinski definition) is 1. The average molecular weight is 477 g/mol. The molecule has 30 heavy (non-hydrogen) atoms. The van der Waals surface area contributed by atoms with Gasteiger partial charge in [0.15, 0.2) is 6.61 Å². The summed E-state index contributed by atoms with van der Waals surface area (Å²) < 4.78 is 12.0. The number of carbonyl (C=O) groups excluding carboxylic acids is 2. The first-order valence-electron chi connectivity index (χ1n) is 9.98. The number of rotatable bonds is 10. The first-order valence-corrected chi connectivity index (χ1v) is 10.8. The minimum Gasteiger partial charge on any atom is -0.497 e. The van der Waals surface area contributed by atoms with Crippen molar-refractivity contribution in [3.05, 3.63) is 58.1 Å². The molecule has 0 aliphatic carbocycles. The van der Waals surface area contributed by atoms with Crippen LogP contribution < -0.4 is 14.8 Å². The van der Waals surface area contributed by atoms with Gasteiger partial charge in [-0.3, -0.25) is 9.59 Å². The van der Waals surface area contributed by atoms with Gasteiger partial charge in [0.2, 0.25) is 5.91 Å². The number of amides is 2. The normalized spacial score (nSPS) is 11.5. The minimum absolute atomic E-state index is 0.152. The van der Waals surface area contributed by atoms with E-state index in [1.165, 1.54) is 0 Å². The van der Waals surface area contributed by atoms with E-state index in [0.717, 1.165) is 15.6 Å². The van der Waals surface area contributed by atoms with Gasteiger partial charge in [0, 0.05) is 17.6 Å². The first-order chi connectivity index (χ1) is 14.4. The van der Waals surface area contributed by atoms with E-state index >= 15 is 0 Å². The number of nitrogens with one attached hydrogen (secondary N) is 1. The molecule has 6 nitrogen and oxygen atoms in total. The maximum Gasteiger partial charge on any atom is 0.261 e. The third-order valence-electron chi connectivity index (χ3n) is 4.72. The summed E-state index contributed by atoms with van der Waals surface area (Å²) in [6.45, 7) is 6.35. The molecule has 0 bridgehead atoms. The zero-order chi connectivity index (χ0) is 22.1. The topological polar surface area (TPSA) is 67.9 Å². The van der Waals surface area contributed by atoms with Crippen LogP contribution in [0.2, 0.25) is 0 Å². The molecule has 1 atom stereocenters. The molecule has 0 fully saturated rings. The molecule has 0 heterocycles. The largest absolute Gasteiger partial charge is 0.497 e. The highest BCUT2D eigenvalue weighted by molar-refractivity contribution is 9.10. The van der Waals surface area contributed by atoms with Crippen LogP contribution in [0.3, 0.4) is 0 Å². The third-order valence-corrected chi connectivity index (χ3v) is 5.61. The lowest BCUT2D eigenvalue weighted by molar-refractivity contribution is -0.142. The Hall–Kier alpha value is -2.54. The average Bonchev–Trinajstić information content (AvgIpc) is 2.74. The molecule has 2 rings (SSSR count). The number of carbonyl (C=O) groups is 2. The van der Waals surface area contributed by atoms with Crippen molar-refractivity contribution in [3.63, 3.8) is 0 Å². The molecule has 0 radical (unpaired) electrons. The fourth-order valence-electron chi connectivity index (χ4n) is 3.11. The molecular weight excluding hydrogens is 448 g/mol. The molecule has 0 aliphatic rings. The Morgan fingerprint density at radius 2 is 1.90 bits per heavy atom. The molecule has 0 saturated carbocycles. The Kier molecular flexibility index (Phi) is 9.17. The molecule has 2 aromatic rings. The molecule has 1 N–H and O–H groups in total. The van der Waals surface area contributed by atoms with Crippen LogP contribution in [0.1, 0.15) is 31.4 Å². The summed E-state index contributed by atoms with van der Waals surface area (Å²) in [5, 5.41) is 2.82. The quantitative estimate of drug-likeness (QED) is 0.560. The summed E-state index contributed by atoms with van der Waals surface area (Å²) in [4.78, 5) is 27.3. The molecule has 162 valence electrons. The fraction of sp³-hybridized carbons (Fsp3) is 0.391. The van der Waals surface area contributed by atoms with Gasteiger partial charge in [-0.2, -0.15) is 0 Å². The lowest BCUT2D eigenvalue weighted by Gasteiger charge is -2.30. The van der Waals surface area contributed by atoms with Crippen molar-refractivity contribution in [1.82, 2.24) is 10.2 Å². The van der Waals surface area contributed by atoms with Crippen molar-refractivity contribution in [2.75, 3.05) is 20.3 Å². The Balaban J connectivity index is 2.22. The maximum absolute atomic E-state index is 13.1. The van der Waals surface area contributed by atoms with E-state index in [1.807, 2.05) is 57.2 Å². The highest BCUT2D eigenvalue weighted by atomic mass is 79.9. The van der Waals surface area contributed by atoms with Crippen molar-refractivity contribution in [1.29, 1.82) is 0 Å². The smallest absolute Gasteiger partial charge is 0.261 e. The van der Waals surface area contributed by atoms with Crippen molar-refractivity contribution >= 4 is 27.7 Å². The van der Waals surface area contributed by atoms with Crippen molar-refractivity contribution in [2.45, 2.75) is 39.8 Å². The number of benzene rings is 2. The van der Waals surface area contributed by atoms with Crippen molar-refractivity contribution in [3.8, 4) is 11.5 Å². The highest BCUT2D eigenvalue weighted by Crippen LogP contribution is 2.22. The summed E-state index contributed by atoms with van der Waals surface area (Å²) in [6, 6.07) is 12.4. The number of hydrogen-bond acceptors (Lipinski definition) is 4. The summed E-state index contributed by atoms with van der Waals surface area (Å²) >= 11 is 3.46. The molecule has 0 spiro atoms. The SMILES string of the molecule is CCNC(=O)[C@H](CC)N(Cc1cccc(OC)c1)C(=O)COc1ccc(Br)c(C)c1. The lowest BCUT2D eigenvalue weighted by Crippen LogP contribution is -2.50. The Morgan fingerprint density at radius 3 is 2.53 bits per heavy atom. The number of likely N-dealkylation sites (N-methyl/N-ethyl adjacent to an activating group) is 1. The summed E-state index contributed by atoms with van der Waals surface area (Å²) in [5.74, 6) is 0.885. The van der Waals surface area contributed by atoms with Gasteiger partial charge in [0.25, 0.3) is 5.91 Å². The van der Waals surface area contributed by atoms with Gasteiger partial charge >= 0.3 is 0 Å². The third kappa shape index (κ3) is 6.49. The van der Waals surface area contributed by atoms with E-state index in [2.05, 4.69) is 21.2 Å². The first kappa shape index (κ1) is 23.7. The second-order valence-electron chi connectivity index (χ2n) is 6.89. The van der Waals surface area contributed by atoms with E-state index in [0.29, 0.717) is 24.5 Å². The van der Waals surface area contributed by atoms with Gasteiger partial charge in [-0.1, -0.05) is 35.0 Å². The molecule has 0 aliphatic heterocycles. The van der Waals surface area contributed by atoms with Crippen LogP contribution in [0.15, 0.2) is 46.9 Å². The van der Waals surface area contributed by atoms with Crippen LogP contribution in [-0.4, -0.2) is 43.0 Å². The standard InChI is InChI=1S/C23H29BrN2O4/c1-5-21(23(28)25-6-2)26(14-17-8-7-9-18(13-17)29-4)22(27)15-30-19-10-11-20(24)16(3)12-19/h7-13,21H,5-6,14-15H2,1-4H3,(H,25,28)/t21-/m0/s1. The molecular formula is C23H29BrN2O4. The molecule has 0 saturated heterocycles. The van der Waals surface area contributed by atoms with Crippen LogP contribution in [-0.2, 0) is 16.1 Å². The van der Waals surface area contributed by atoms with E-state index in [4.69, 9.17) is 9.47 Å². The highest BCUT2D eigenvalue weighted by Gasteiger charge is 2.28. The number of methoxy groups -OCH3 is 1. The van der Waals surface area contributed by atoms with Crippen LogP contribution in [0.25, 0.3) is 0 Å². The van der Waals surface area contributed by atoms with Crippen molar-refractivity contribution in [2.24, 2.45) is 0 Å². The molecule has 7 heteroatoms. The van der Waals surface area contributed by atoms with E-state index < -0.39 is 6.04 Å². The number of ether oxygens (including phenoxy) is 2. The lowest BCUT2D eigenvalue weighted by atomic mass is 10.1. The van der Waals surface area contributed by atoms with Crippen LogP contribution in [0.5, 0.6) is 11.5 Å². The second kappa shape index (κ2) is 11.6. The second-order valence-corrected chi connectivity index (χ2v) is 7.75. The molecule has 0 unspecified atom stereocenters. The van der Waals surface area contributed by atoms with Crippen LogP contribution >= 0.6 is 15.9 Å². The minimum atomic E-state index is -0.584. The molecule has 0 aromatic heterocycles. The molecule has 2 aromatic carbocycles. The van der Waals surface area contributed by atoms with Crippen LogP contribution in [0, 0.1) is 6.92 Å². The van der Waals surface area contributed by atoms with Gasteiger partial charge in [-0.05, 0) is 61.7 Å². The van der Waals surface area contributed by atoms with Crippen LogP contribution in [0.4, 0.5) is 0 Å². The van der Waals surface area contributed by atoms with Gasteiger partial charge in [0.05, 0.1) is 7.11 Å². The Bertz CT molecular complexity index is 872. The monoisotopic (exact) mass is 476 g/mol. The fourth-order valence-corrected chi connectivity index (χ4v) is 3.36. The predicted molar refractivity (Wildman–Crippen MR) is 121 cm³/mol.